The van der Waals surface area contributed by atoms with Crippen molar-refractivity contribution in [3.8, 4) is 23.0 Å². The first-order chi connectivity index (χ1) is 15.7. The van der Waals surface area contributed by atoms with Gasteiger partial charge >= 0.3 is 6.18 Å². The first kappa shape index (κ1) is 23.0. The van der Waals surface area contributed by atoms with Crippen molar-refractivity contribution in [2.75, 3.05) is 0 Å². The number of hydrogen-bond acceptors (Lipinski definition) is 0. The van der Waals surface area contributed by atoms with E-state index in [0.717, 1.165) is 43.2 Å². The zero-order valence-corrected chi connectivity index (χ0v) is 17.6. The van der Waals surface area contributed by atoms with Crippen LogP contribution in [0.25, 0.3) is 21.9 Å². The summed E-state index contributed by atoms with van der Waals surface area (Å²) in [6.45, 7) is 3.84. The van der Waals surface area contributed by atoms with Crippen molar-refractivity contribution in [3.63, 3.8) is 0 Å². The van der Waals surface area contributed by atoms with E-state index >= 15 is 0 Å². The molecule has 3 aromatic rings. The summed E-state index contributed by atoms with van der Waals surface area (Å²) in [5.74, 6) is 0.358. The van der Waals surface area contributed by atoms with Crippen molar-refractivity contribution in [2.45, 2.75) is 37.8 Å². The fourth-order valence-electron chi connectivity index (χ4n) is 4.45. The highest BCUT2D eigenvalue weighted by atomic mass is 19.4. The summed E-state index contributed by atoms with van der Waals surface area (Å²) >= 11 is 0. The fraction of sp³-hybridized carbons (Fsp3) is 0.259. The Bertz CT molecular complexity index is 1270. The topological polar surface area (TPSA) is 0 Å². The van der Waals surface area contributed by atoms with Gasteiger partial charge in [-0.15, -0.1) is 6.58 Å². The van der Waals surface area contributed by atoms with Gasteiger partial charge in [-0.2, -0.15) is 13.2 Å². The molecule has 0 radical (unpaired) electrons. The maximum Gasteiger partial charge on any atom is 0.458 e. The van der Waals surface area contributed by atoms with Crippen molar-refractivity contribution >= 4 is 10.8 Å². The van der Waals surface area contributed by atoms with Gasteiger partial charge in [0.25, 0.3) is 0 Å². The highest BCUT2D eigenvalue weighted by molar-refractivity contribution is 5.89. The van der Waals surface area contributed by atoms with Crippen LogP contribution in [0.3, 0.4) is 0 Å². The van der Waals surface area contributed by atoms with Crippen LogP contribution in [0.15, 0.2) is 55.1 Å². The van der Waals surface area contributed by atoms with E-state index in [1.807, 2.05) is 12.1 Å². The molecular weight excluding hydrogens is 438 g/mol. The summed E-state index contributed by atoms with van der Waals surface area (Å²) in [4.78, 5) is 0. The molecule has 0 heterocycles. The van der Waals surface area contributed by atoms with Gasteiger partial charge in [-0.3, -0.25) is 0 Å². The Labute approximate surface area is 187 Å². The summed E-state index contributed by atoms with van der Waals surface area (Å²) < 4.78 is 80.9. The summed E-state index contributed by atoms with van der Waals surface area (Å²) in [6.07, 6.45) is 1.07. The minimum absolute atomic E-state index is 0.0948. The van der Waals surface area contributed by atoms with E-state index in [0.29, 0.717) is 11.5 Å². The number of halogens is 6. The molecule has 3 aromatic carbocycles. The Balaban J connectivity index is 1.66. The summed E-state index contributed by atoms with van der Waals surface area (Å²) in [6, 6.07) is 10.1. The molecule has 33 heavy (non-hydrogen) atoms. The van der Waals surface area contributed by atoms with Crippen LogP contribution in [-0.2, 0) is 0 Å². The molecule has 0 bridgehead atoms. The van der Waals surface area contributed by atoms with Gasteiger partial charge in [-0.05, 0) is 72.2 Å². The minimum atomic E-state index is -4.87. The molecular formula is C27H20F6. The van der Waals surface area contributed by atoms with Crippen molar-refractivity contribution in [3.05, 3.63) is 83.7 Å². The third kappa shape index (κ3) is 4.93. The van der Waals surface area contributed by atoms with Crippen LogP contribution in [0.5, 0.6) is 0 Å². The van der Waals surface area contributed by atoms with Crippen LogP contribution in [0, 0.1) is 35.2 Å². The predicted octanol–water partition coefficient (Wildman–Crippen LogP) is 8.30. The zero-order valence-electron chi connectivity index (χ0n) is 17.6. The van der Waals surface area contributed by atoms with Gasteiger partial charge in [0.2, 0.25) is 0 Å². The standard InChI is InChI=1S/C27H20F6/c1-2-16-3-5-17(6-4-16)18-7-9-21(24(28)14-18)19-8-10-22-20(13-19)15-25(29)23(26(22)30)11-12-27(31,32)33/h2,7-10,13-17H,1,3-6H2. The number of fused-ring (bicyclic) bond motifs is 1. The molecule has 0 saturated heterocycles. The van der Waals surface area contributed by atoms with E-state index in [9.17, 15) is 26.3 Å². The van der Waals surface area contributed by atoms with E-state index in [4.69, 9.17) is 0 Å². The summed E-state index contributed by atoms with van der Waals surface area (Å²) in [7, 11) is 0. The predicted molar refractivity (Wildman–Crippen MR) is 117 cm³/mol. The zero-order chi connectivity index (χ0) is 23.8. The van der Waals surface area contributed by atoms with Gasteiger partial charge in [0.15, 0.2) is 0 Å². The smallest absolute Gasteiger partial charge is 0.206 e. The number of alkyl halides is 3. The Hall–Kier alpha value is -3.20. The van der Waals surface area contributed by atoms with Gasteiger partial charge in [-0.25, -0.2) is 13.2 Å². The van der Waals surface area contributed by atoms with E-state index in [1.165, 1.54) is 30.2 Å². The molecule has 0 aromatic heterocycles. The van der Waals surface area contributed by atoms with Crippen molar-refractivity contribution in [1.29, 1.82) is 0 Å². The maximum absolute atomic E-state index is 15.0. The van der Waals surface area contributed by atoms with E-state index in [-0.39, 0.29) is 22.3 Å². The van der Waals surface area contributed by atoms with Crippen LogP contribution in [-0.4, -0.2) is 6.18 Å². The molecule has 1 saturated carbocycles. The monoisotopic (exact) mass is 458 g/mol. The lowest BCUT2D eigenvalue weighted by Crippen LogP contribution is -2.11. The van der Waals surface area contributed by atoms with Crippen molar-refractivity contribution < 1.29 is 26.3 Å². The number of benzene rings is 3. The van der Waals surface area contributed by atoms with E-state index in [2.05, 4.69) is 6.58 Å². The first-order valence-corrected chi connectivity index (χ1v) is 10.6. The van der Waals surface area contributed by atoms with Gasteiger partial charge in [0, 0.05) is 16.9 Å². The van der Waals surface area contributed by atoms with Gasteiger partial charge in [-0.1, -0.05) is 36.3 Å². The fourth-order valence-corrected chi connectivity index (χ4v) is 4.45. The molecule has 1 aliphatic rings. The lowest BCUT2D eigenvalue weighted by molar-refractivity contribution is -0.0696. The van der Waals surface area contributed by atoms with Crippen molar-refractivity contribution in [2.24, 2.45) is 5.92 Å². The van der Waals surface area contributed by atoms with Gasteiger partial charge in [0.1, 0.15) is 17.5 Å². The Morgan fingerprint density at radius 1 is 0.879 bits per heavy atom. The summed E-state index contributed by atoms with van der Waals surface area (Å²) in [5.41, 5.74) is 0.663. The van der Waals surface area contributed by atoms with Gasteiger partial charge < -0.3 is 0 Å². The second-order valence-electron chi connectivity index (χ2n) is 8.32. The molecule has 1 fully saturated rings. The molecule has 0 spiro atoms. The minimum Gasteiger partial charge on any atom is -0.206 e. The Morgan fingerprint density at radius 3 is 2.24 bits per heavy atom. The molecule has 0 amide bonds. The molecule has 0 unspecified atom stereocenters. The quantitative estimate of drug-likeness (QED) is 0.210. The second kappa shape index (κ2) is 8.97. The van der Waals surface area contributed by atoms with Crippen molar-refractivity contribution in [1.82, 2.24) is 0 Å². The summed E-state index contributed by atoms with van der Waals surface area (Å²) in [5, 5.41) is 0.00825. The van der Waals surface area contributed by atoms with Gasteiger partial charge in [0.05, 0.1) is 5.56 Å². The number of allylic oxidation sites excluding steroid dienone is 1. The average Bonchev–Trinajstić information content (AvgIpc) is 2.78. The molecule has 1 aliphatic carbocycles. The largest absolute Gasteiger partial charge is 0.458 e. The molecule has 0 nitrogen and oxygen atoms in total. The number of rotatable bonds is 3. The molecule has 4 rings (SSSR count). The third-order valence-corrected chi connectivity index (χ3v) is 6.24. The normalized spacial score (nSPS) is 18.6. The molecule has 0 aliphatic heterocycles. The van der Waals surface area contributed by atoms with E-state index in [1.54, 1.807) is 6.07 Å². The average molecular weight is 458 g/mol. The first-order valence-electron chi connectivity index (χ1n) is 10.6. The maximum atomic E-state index is 15.0. The molecule has 6 heteroatoms. The molecule has 170 valence electrons. The highest BCUT2D eigenvalue weighted by Gasteiger charge is 2.24. The lowest BCUT2D eigenvalue weighted by Gasteiger charge is -2.27. The highest BCUT2D eigenvalue weighted by Crippen LogP contribution is 2.38. The van der Waals surface area contributed by atoms with Crippen LogP contribution in [0.1, 0.15) is 42.7 Å². The SMILES string of the molecule is C=CC1CCC(c2ccc(-c3ccc4c(F)c(C#CC(F)(F)F)c(F)cc4c3)c(F)c2)CC1. The van der Waals surface area contributed by atoms with Crippen LogP contribution in [0.2, 0.25) is 0 Å². The molecule has 0 N–H and O–H groups in total. The Morgan fingerprint density at radius 2 is 1.61 bits per heavy atom. The van der Waals surface area contributed by atoms with Crippen LogP contribution in [0.4, 0.5) is 26.3 Å². The third-order valence-electron chi connectivity index (χ3n) is 6.24. The Kier molecular flexibility index (Phi) is 6.25. The molecule has 0 atom stereocenters. The van der Waals surface area contributed by atoms with E-state index < -0.39 is 29.2 Å². The second-order valence-corrected chi connectivity index (χ2v) is 8.32. The van der Waals surface area contributed by atoms with Crippen LogP contribution < -0.4 is 0 Å². The van der Waals surface area contributed by atoms with Crippen LogP contribution >= 0.6 is 0 Å². The lowest BCUT2D eigenvalue weighted by atomic mass is 9.78. The number of hydrogen-bond donors (Lipinski definition) is 0.